The van der Waals surface area contributed by atoms with Gasteiger partial charge in [0.25, 0.3) is 0 Å². The normalized spacial score (nSPS) is 12.8. The molecule has 0 saturated heterocycles. The number of hydrogen-bond acceptors (Lipinski definition) is 2. The van der Waals surface area contributed by atoms with Crippen LogP contribution in [0.4, 0.5) is 8.28 Å². The van der Waals surface area contributed by atoms with Crippen LogP contribution in [0.2, 0.25) is 0 Å². The van der Waals surface area contributed by atoms with E-state index in [0.717, 1.165) is 0 Å². The Hall–Kier alpha value is -0.970. The standard InChI is InChI=1S/C11H14F2O2S/c1-11(2,8-16(13,14)15)7-9-5-3-4-6-10(9)12/h3-6H,7-8H2,1-2H3. The molecule has 0 saturated carbocycles. The highest BCUT2D eigenvalue weighted by Gasteiger charge is 2.27. The highest BCUT2D eigenvalue weighted by Crippen LogP contribution is 2.25. The van der Waals surface area contributed by atoms with Crippen molar-refractivity contribution < 1.29 is 16.7 Å². The van der Waals surface area contributed by atoms with E-state index in [1.54, 1.807) is 32.0 Å². The van der Waals surface area contributed by atoms with Crippen LogP contribution < -0.4 is 0 Å². The minimum atomic E-state index is -4.54. The molecular weight excluding hydrogens is 234 g/mol. The lowest BCUT2D eigenvalue weighted by molar-refractivity contribution is 0.393. The van der Waals surface area contributed by atoms with E-state index in [4.69, 9.17) is 0 Å². The van der Waals surface area contributed by atoms with Crippen LogP contribution in [0.15, 0.2) is 24.3 Å². The summed E-state index contributed by atoms with van der Waals surface area (Å²) < 4.78 is 47.0. The van der Waals surface area contributed by atoms with Crippen molar-refractivity contribution in [2.75, 3.05) is 5.75 Å². The minimum Gasteiger partial charge on any atom is -0.207 e. The molecule has 0 aliphatic rings. The Morgan fingerprint density at radius 1 is 1.25 bits per heavy atom. The average Bonchev–Trinajstić information content (AvgIpc) is 2.04. The fourth-order valence-corrected chi connectivity index (χ4v) is 2.71. The monoisotopic (exact) mass is 248 g/mol. The summed E-state index contributed by atoms with van der Waals surface area (Å²) in [5.41, 5.74) is -0.424. The summed E-state index contributed by atoms with van der Waals surface area (Å²) in [6.07, 6.45) is 0.183. The van der Waals surface area contributed by atoms with Crippen molar-refractivity contribution in [3.05, 3.63) is 35.6 Å². The van der Waals surface area contributed by atoms with E-state index >= 15 is 0 Å². The van der Waals surface area contributed by atoms with E-state index in [1.807, 2.05) is 0 Å². The van der Waals surface area contributed by atoms with E-state index in [9.17, 15) is 16.7 Å². The van der Waals surface area contributed by atoms with Crippen LogP contribution in [-0.4, -0.2) is 14.2 Å². The third-order valence-electron chi connectivity index (χ3n) is 2.19. The van der Waals surface area contributed by atoms with Gasteiger partial charge in [-0.05, 0) is 23.5 Å². The first kappa shape index (κ1) is 13.1. The molecule has 0 radical (unpaired) electrons. The van der Waals surface area contributed by atoms with Gasteiger partial charge in [0, 0.05) is 0 Å². The Morgan fingerprint density at radius 2 is 1.81 bits per heavy atom. The molecule has 0 heterocycles. The van der Waals surface area contributed by atoms with Gasteiger partial charge in [0.2, 0.25) is 0 Å². The topological polar surface area (TPSA) is 34.1 Å². The minimum absolute atomic E-state index is 0.183. The lowest BCUT2D eigenvalue weighted by atomic mass is 9.88. The third-order valence-corrected chi connectivity index (χ3v) is 3.32. The van der Waals surface area contributed by atoms with Gasteiger partial charge in [-0.3, -0.25) is 0 Å². The van der Waals surface area contributed by atoms with E-state index in [0.29, 0.717) is 5.56 Å². The van der Waals surface area contributed by atoms with Crippen LogP contribution in [0.1, 0.15) is 19.4 Å². The molecule has 0 spiro atoms. The maximum absolute atomic E-state index is 13.3. The summed E-state index contributed by atoms with van der Waals surface area (Å²) in [7, 11) is -4.54. The molecule has 0 aromatic heterocycles. The molecule has 0 N–H and O–H groups in total. The van der Waals surface area contributed by atoms with E-state index in [2.05, 4.69) is 0 Å². The Kier molecular flexibility index (Phi) is 3.68. The summed E-state index contributed by atoms with van der Waals surface area (Å²) in [6, 6.07) is 6.09. The predicted octanol–water partition coefficient (Wildman–Crippen LogP) is 2.69. The number of hydrogen-bond donors (Lipinski definition) is 0. The van der Waals surface area contributed by atoms with Crippen LogP contribution in [0.5, 0.6) is 0 Å². The van der Waals surface area contributed by atoms with Gasteiger partial charge in [-0.1, -0.05) is 32.0 Å². The average molecular weight is 248 g/mol. The fourth-order valence-electron chi connectivity index (χ4n) is 1.68. The predicted molar refractivity (Wildman–Crippen MR) is 58.8 cm³/mol. The van der Waals surface area contributed by atoms with Gasteiger partial charge in [-0.25, -0.2) is 4.39 Å². The SMILES string of the molecule is CC(C)(Cc1ccccc1F)CS(=O)(=O)F. The first-order chi connectivity index (χ1) is 7.20. The van der Waals surface area contributed by atoms with Crippen LogP contribution in [0.3, 0.4) is 0 Å². The van der Waals surface area contributed by atoms with Crippen molar-refractivity contribution in [1.29, 1.82) is 0 Å². The molecule has 0 amide bonds. The van der Waals surface area contributed by atoms with Crippen molar-refractivity contribution in [2.45, 2.75) is 20.3 Å². The Labute approximate surface area is 94.5 Å². The molecule has 0 aliphatic carbocycles. The highest BCUT2D eigenvalue weighted by atomic mass is 32.3. The summed E-state index contributed by atoms with van der Waals surface area (Å²) in [6.45, 7) is 3.19. The number of rotatable bonds is 4. The maximum Gasteiger partial charge on any atom is 0.302 e. The van der Waals surface area contributed by atoms with Gasteiger partial charge < -0.3 is 0 Å². The zero-order valence-electron chi connectivity index (χ0n) is 9.20. The van der Waals surface area contributed by atoms with E-state index in [-0.39, 0.29) is 6.42 Å². The summed E-state index contributed by atoms with van der Waals surface area (Å²) in [5, 5.41) is 0. The zero-order valence-corrected chi connectivity index (χ0v) is 10.0. The molecule has 5 heteroatoms. The van der Waals surface area contributed by atoms with Crippen molar-refractivity contribution in [1.82, 2.24) is 0 Å². The Bertz CT molecular complexity index is 467. The van der Waals surface area contributed by atoms with Gasteiger partial charge in [-0.15, -0.1) is 3.89 Å². The first-order valence-electron chi connectivity index (χ1n) is 4.85. The second kappa shape index (κ2) is 4.49. The first-order valence-corrected chi connectivity index (χ1v) is 6.41. The molecule has 2 nitrogen and oxygen atoms in total. The molecular formula is C11H14F2O2S. The molecule has 0 bridgehead atoms. The Balaban J connectivity index is 2.85. The van der Waals surface area contributed by atoms with Crippen LogP contribution in [0.25, 0.3) is 0 Å². The lowest BCUT2D eigenvalue weighted by Crippen LogP contribution is -2.24. The van der Waals surface area contributed by atoms with Crippen molar-refractivity contribution in [3.63, 3.8) is 0 Å². The molecule has 1 rings (SSSR count). The van der Waals surface area contributed by atoms with E-state index in [1.165, 1.54) is 6.07 Å². The fraction of sp³-hybridized carbons (Fsp3) is 0.455. The zero-order chi connectivity index (χ0) is 12.4. The molecule has 0 atom stereocenters. The third kappa shape index (κ3) is 4.26. The van der Waals surface area contributed by atoms with Gasteiger partial charge in [0.15, 0.2) is 0 Å². The smallest absolute Gasteiger partial charge is 0.207 e. The van der Waals surface area contributed by atoms with E-state index < -0.39 is 27.2 Å². The number of benzene rings is 1. The van der Waals surface area contributed by atoms with Crippen LogP contribution in [0, 0.1) is 11.2 Å². The van der Waals surface area contributed by atoms with Crippen molar-refractivity contribution in [3.8, 4) is 0 Å². The maximum atomic E-state index is 13.3. The van der Waals surface area contributed by atoms with Gasteiger partial charge in [0.05, 0.1) is 5.75 Å². The van der Waals surface area contributed by atoms with Gasteiger partial charge in [-0.2, -0.15) is 8.42 Å². The summed E-state index contributed by atoms with van der Waals surface area (Å²) in [5.74, 6) is -0.999. The van der Waals surface area contributed by atoms with Crippen LogP contribution in [-0.2, 0) is 16.6 Å². The van der Waals surface area contributed by atoms with Crippen LogP contribution >= 0.6 is 0 Å². The van der Waals surface area contributed by atoms with Gasteiger partial charge >= 0.3 is 10.2 Å². The molecule has 90 valence electrons. The highest BCUT2D eigenvalue weighted by molar-refractivity contribution is 7.86. The molecule has 0 unspecified atom stereocenters. The molecule has 16 heavy (non-hydrogen) atoms. The quantitative estimate of drug-likeness (QED) is 0.768. The van der Waals surface area contributed by atoms with Gasteiger partial charge in [0.1, 0.15) is 5.82 Å². The second-order valence-electron chi connectivity index (χ2n) is 4.62. The lowest BCUT2D eigenvalue weighted by Gasteiger charge is -2.22. The largest absolute Gasteiger partial charge is 0.302 e. The summed E-state index contributed by atoms with van der Waals surface area (Å²) in [4.78, 5) is 0. The van der Waals surface area contributed by atoms with Crippen molar-refractivity contribution in [2.24, 2.45) is 5.41 Å². The van der Waals surface area contributed by atoms with Crippen molar-refractivity contribution >= 4 is 10.2 Å². The molecule has 0 fully saturated rings. The second-order valence-corrected chi connectivity index (χ2v) is 5.98. The summed E-state index contributed by atoms with van der Waals surface area (Å²) >= 11 is 0. The number of halogens is 2. The Morgan fingerprint density at radius 3 is 2.31 bits per heavy atom. The molecule has 0 aliphatic heterocycles. The molecule has 1 aromatic rings. The molecule has 1 aromatic carbocycles.